The minimum atomic E-state index is -0.300. The molecule has 6 heteroatoms. The first-order chi connectivity index (χ1) is 8.15. The number of aldehydes is 1. The fourth-order valence-corrected chi connectivity index (χ4v) is 1.51. The van der Waals surface area contributed by atoms with Crippen LogP contribution in [0, 0.1) is 0 Å². The van der Waals surface area contributed by atoms with Gasteiger partial charge in [-0.1, -0.05) is 0 Å². The first kappa shape index (κ1) is 13.2. The minimum absolute atomic E-state index is 0.0315. The summed E-state index contributed by atoms with van der Waals surface area (Å²) in [6.45, 7) is 2.26. The molecule has 0 saturated carbocycles. The van der Waals surface area contributed by atoms with Gasteiger partial charge in [-0.25, -0.2) is 0 Å². The fraction of sp³-hybridized carbons (Fsp3) is 0.545. The number of hydrogen-bond acceptors (Lipinski definition) is 4. The molecule has 6 nitrogen and oxygen atoms in total. The van der Waals surface area contributed by atoms with Crippen molar-refractivity contribution in [2.75, 3.05) is 13.1 Å². The molecule has 0 fully saturated rings. The normalized spacial score (nSPS) is 18.8. The number of carbonyl (C=O) groups excluding carboxylic acids is 3. The molecule has 1 heterocycles. The van der Waals surface area contributed by atoms with Gasteiger partial charge in [-0.05, 0) is 13.3 Å². The Morgan fingerprint density at radius 3 is 3.06 bits per heavy atom. The molecule has 0 aromatic carbocycles. The molecule has 0 aromatic heterocycles. The maximum atomic E-state index is 11.5. The Kier molecular flexibility index (Phi) is 5.19. The lowest BCUT2D eigenvalue weighted by atomic mass is 10.2. The molecule has 0 radical (unpaired) electrons. The average Bonchev–Trinajstić information content (AvgIpc) is 2.30. The average molecular weight is 240 g/mol. The monoisotopic (exact) mass is 240 g/mol. The van der Waals surface area contributed by atoms with Crippen molar-refractivity contribution in [3.8, 4) is 0 Å². The number of nitrogens with one attached hydrogen (secondary N) is 1. The molecule has 2 amide bonds. The van der Waals surface area contributed by atoms with E-state index in [4.69, 9.17) is 4.74 Å². The molecule has 1 aliphatic heterocycles. The fourth-order valence-electron chi connectivity index (χ4n) is 1.51. The van der Waals surface area contributed by atoms with Crippen molar-refractivity contribution in [1.29, 1.82) is 0 Å². The van der Waals surface area contributed by atoms with Crippen LogP contribution in [-0.4, -0.2) is 42.3 Å². The molecule has 1 atom stereocenters. The number of hydrogen-bond donors (Lipinski definition) is 1. The van der Waals surface area contributed by atoms with Crippen molar-refractivity contribution in [2.45, 2.75) is 26.0 Å². The summed E-state index contributed by atoms with van der Waals surface area (Å²) in [4.78, 5) is 34.2. The Hall–Kier alpha value is -1.85. The number of carbonyl (C=O) groups is 3. The quantitative estimate of drug-likeness (QED) is 0.652. The molecular formula is C11H16N2O4. The lowest BCUT2D eigenvalue weighted by Gasteiger charge is -2.30. The van der Waals surface area contributed by atoms with E-state index in [1.807, 2.05) is 0 Å². The van der Waals surface area contributed by atoms with E-state index in [9.17, 15) is 14.4 Å². The number of amides is 2. The van der Waals surface area contributed by atoms with Gasteiger partial charge in [0.25, 0.3) is 5.91 Å². The van der Waals surface area contributed by atoms with Gasteiger partial charge in [-0.15, -0.1) is 0 Å². The number of nitrogens with zero attached hydrogens (tertiary/aromatic N) is 1. The van der Waals surface area contributed by atoms with Crippen LogP contribution < -0.4 is 5.32 Å². The van der Waals surface area contributed by atoms with E-state index in [0.717, 1.165) is 0 Å². The van der Waals surface area contributed by atoms with Gasteiger partial charge in [0.05, 0.1) is 12.8 Å². The maximum absolute atomic E-state index is 11.5. The van der Waals surface area contributed by atoms with Crippen molar-refractivity contribution in [3.63, 3.8) is 0 Å². The van der Waals surface area contributed by atoms with Crippen LogP contribution in [-0.2, 0) is 19.1 Å². The largest absolute Gasteiger partial charge is 0.478 e. The molecule has 1 unspecified atom stereocenters. The standard InChI is InChI=1S/C11H16N2O4/c1-9-13(11(16)4-8-17-9)6-2-3-10(15)12-5-7-14/h4,7-9H,2-3,5-6H2,1H3,(H,12,15). The molecule has 0 spiro atoms. The summed E-state index contributed by atoms with van der Waals surface area (Å²) < 4.78 is 5.16. The van der Waals surface area contributed by atoms with Crippen LogP contribution in [0.5, 0.6) is 0 Å². The second-order valence-corrected chi connectivity index (χ2v) is 3.64. The van der Waals surface area contributed by atoms with E-state index >= 15 is 0 Å². The summed E-state index contributed by atoms with van der Waals surface area (Å²) in [6.07, 6.45) is 3.89. The van der Waals surface area contributed by atoms with Crippen LogP contribution in [0.15, 0.2) is 12.3 Å². The van der Waals surface area contributed by atoms with Crippen molar-refractivity contribution in [3.05, 3.63) is 12.3 Å². The third-order valence-electron chi connectivity index (χ3n) is 2.39. The Labute approximate surface area is 99.6 Å². The van der Waals surface area contributed by atoms with Gasteiger partial charge in [0.1, 0.15) is 6.29 Å². The van der Waals surface area contributed by atoms with Crippen LogP contribution in [0.2, 0.25) is 0 Å². The van der Waals surface area contributed by atoms with E-state index in [2.05, 4.69) is 5.32 Å². The summed E-state index contributed by atoms with van der Waals surface area (Å²) in [5.41, 5.74) is 0. The van der Waals surface area contributed by atoms with Crippen LogP contribution in [0.1, 0.15) is 19.8 Å². The van der Waals surface area contributed by atoms with Crippen LogP contribution >= 0.6 is 0 Å². The Morgan fingerprint density at radius 1 is 1.65 bits per heavy atom. The molecule has 1 N–H and O–H groups in total. The Balaban J connectivity index is 2.26. The van der Waals surface area contributed by atoms with E-state index in [1.54, 1.807) is 11.8 Å². The smallest absolute Gasteiger partial charge is 0.252 e. The lowest BCUT2D eigenvalue weighted by Crippen LogP contribution is -2.41. The van der Waals surface area contributed by atoms with Crippen molar-refractivity contribution >= 4 is 18.1 Å². The minimum Gasteiger partial charge on any atom is -0.478 e. The van der Waals surface area contributed by atoms with Crippen LogP contribution in [0.4, 0.5) is 0 Å². The molecular weight excluding hydrogens is 224 g/mol. The molecule has 0 aliphatic carbocycles. The van der Waals surface area contributed by atoms with E-state index in [0.29, 0.717) is 19.3 Å². The van der Waals surface area contributed by atoms with E-state index in [1.165, 1.54) is 12.3 Å². The van der Waals surface area contributed by atoms with Gasteiger partial charge in [-0.2, -0.15) is 0 Å². The molecule has 0 aromatic rings. The van der Waals surface area contributed by atoms with Crippen LogP contribution in [0.3, 0.4) is 0 Å². The second-order valence-electron chi connectivity index (χ2n) is 3.64. The Morgan fingerprint density at radius 2 is 2.41 bits per heavy atom. The topological polar surface area (TPSA) is 75.7 Å². The first-order valence-corrected chi connectivity index (χ1v) is 5.48. The van der Waals surface area contributed by atoms with Gasteiger partial charge in [0.2, 0.25) is 5.91 Å². The van der Waals surface area contributed by atoms with Gasteiger partial charge >= 0.3 is 0 Å². The predicted molar refractivity (Wildman–Crippen MR) is 59.7 cm³/mol. The highest BCUT2D eigenvalue weighted by Gasteiger charge is 2.21. The number of rotatable bonds is 6. The SMILES string of the molecule is CC1OC=CC(=O)N1CCCC(=O)NCC=O. The third kappa shape index (κ3) is 4.26. The third-order valence-corrected chi connectivity index (χ3v) is 2.39. The molecule has 0 bridgehead atoms. The molecule has 0 saturated heterocycles. The van der Waals surface area contributed by atoms with E-state index in [-0.39, 0.29) is 31.0 Å². The van der Waals surface area contributed by atoms with Crippen LogP contribution in [0.25, 0.3) is 0 Å². The van der Waals surface area contributed by atoms with E-state index < -0.39 is 0 Å². The lowest BCUT2D eigenvalue weighted by molar-refractivity contribution is -0.139. The first-order valence-electron chi connectivity index (χ1n) is 5.48. The highest BCUT2D eigenvalue weighted by molar-refractivity contribution is 5.88. The molecule has 94 valence electrons. The molecule has 1 aliphatic rings. The summed E-state index contributed by atoms with van der Waals surface area (Å²) in [6, 6.07) is 0. The van der Waals surface area contributed by atoms with Gasteiger partial charge < -0.3 is 19.7 Å². The van der Waals surface area contributed by atoms with Crippen molar-refractivity contribution in [2.24, 2.45) is 0 Å². The second kappa shape index (κ2) is 6.67. The zero-order chi connectivity index (χ0) is 12.7. The highest BCUT2D eigenvalue weighted by atomic mass is 16.5. The van der Waals surface area contributed by atoms with Gasteiger partial charge in [-0.3, -0.25) is 9.59 Å². The Bertz CT molecular complexity index is 327. The van der Waals surface area contributed by atoms with Gasteiger partial charge in [0.15, 0.2) is 6.23 Å². The zero-order valence-corrected chi connectivity index (χ0v) is 9.72. The van der Waals surface area contributed by atoms with Gasteiger partial charge in [0, 0.05) is 19.0 Å². The predicted octanol–water partition coefficient (Wildman–Crippen LogP) is -0.200. The zero-order valence-electron chi connectivity index (χ0n) is 9.72. The summed E-state index contributed by atoms with van der Waals surface area (Å²) in [5, 5.41) is 2.44. The molecule has 1 rings (SSSR count). The maximum Gasteiger partial charge on any atom is 0.252 e. The summed E-state index contributed by atoms with van der Waals surface area (Å²) in [7, 11) is 0. The highest BCUT2D eigenvalue weighted by Crippen LogP contribution is 2.10. The number of ether oxygens (including phenoxy) is 1. The summed E-state index contributed by atoms with van der Waals surface area (Å²) in [5.74, 6) is -0.303. The van der Waals surface area contributed by atoms with Crippen molar-refractivity contribution in [1.82, 2.24) is 10.2 Å². The summed E-state index contributed by atoms with van der Waals surface area (Å²) >= 11 is 0. The molecule has 17 heavy (non-hydrogen) atoms. The van der Waals surface area contributed by atoms with Crippen molar-refractivity contribution < 1.29 is 19.1 Å².